The number of aromatic hydroxyl groups is 1. The maximum atomic E-state index is 9.31. The molecule has 1 atom stereocenters. The molecule has 0 amide bonds. The largest absolute Gasteiger partial charge is 0.508 e. The fourth-order valence-corrected chi connectivity index (χ4v) is 2.64. The van der Waals surface area contributed by atoms with E-state index in [4.69, 9.17) is 4.99 Å². The van der Waals surface area contributed by atoms with Crippen LogP contribution >= 0.6 is 0 Å². The summed E-state index contributed by atoms with van der Waals surface area (Å²) in [7, 11) is 0. The normalized spacial score (nSPS) is 13.6. The number of nitrogens with zero attached hydrogens (tertiary/aromatic N) is 1. The van der Waals surface area contributed by atoms with Crippen LogP contribution in [0, 0.1) is 0 Å². The van der Waals surface area contributed by atoms with Gasteiger partial charge in [-0.3, -0.25) is 4.99 Å². The predicted octanol–water partition coefficient (Wildman–Crippen LogP) is 5.15. The van der Waals surface area contributed by atoms with Crippen LogP contribution in [0.4, 0.5) is 5.69 Å². The molecule has 24 heavy (non-hydrogen) atoms. The van der Waals surface area contributed by atoms with Crippen molar-refractivity contribution in [1.82, 2.24) is 0 Å². The molecule has 0 aliphatic rings. The highest BCUT2D eigenvalue weighted by Crippen LogP contribution is 2.22. The quantitative estimate of drug-likeness (QED) is 0.464. The molecule has 0 heterocycles. The number of phenols is 1. The van der Waals surface area contributed by atoms with Gasteiger partial charge in [0.15, 0.2) is 0 Å². The van der Waals surface area contributed by atoms with Crippen LogP contribution < -0.4 is 5.32 Å². The Bertz CT molecular complexity index is 679. The fourth-order valence-electron chi connectivity index (χ4n) is 2.64. The molecule has 0 saturated carbocycles. The van der Waals surface area contributed by atoms with Gasteiger partial charge in [-0.1, -0.05) is 45.0 Å². The van der Waals surface area contributed by atoms with Crippen LogP contribution in [0.3, 0.4) is 0 Å². The topological polar surface area (TPSA) is 44.6 Å². The number of hydrogen-bond donors (Lipinski definition) is 2. The molecule has 2 aromatic rings. The Balaban J connectivity index is 1.96. The van der Waals surface area contributed by atoms with Gasteiger partial charge in [0.1, 0.15) is 5.75 Å². The zero-order valence-electron chi connectivity index (χ0n) is 15.3. The zero-order chi connectivity index (χ0) is 17.7. The molecule has 128 valence electrons. The molecule has 0 saturated heterocycles. The van der Waals surface area contributed by atoms with Gasteiger partial charge in [-0.15, -0.1) is 0 Å². The van der Waals surface area contributed by atoms with Crippen molar-refractivity contribution >= 4 is 11.5 Å². The van der Waals surface area contributed by atoms with Gasteiger partial charge in [0.2, 0.25) is 0 Å². The monoisotopic (exact) mass is 324 g/mol. The Morgan fingerprint density at radius 2 is 1.62 bits per heavy atom. The van der Waals surface area contributed by atoms with Crippen molar-refractivity contribution < 1.29 is 5.11 Å². The molecule has 3 heteroatoms. The lowest BCUT2D eigenvalue weighted by Gasteiger charge is -2.19. The first-order chi connectivity index (χ1) is 11.2. The van der Waals surface area contributed by atoms with Crippen LogP contribution in [-0.4, -0.2) is 17.0 Å². The van der Waals surface area contributed by atoms with Crippen LogP contribution in [0.25, 0.3) is 0 Å². The first-order valence-electron chi connectivity index (χ1n) is 8.44. The molecule has 2 N–H and O–H groups in total. The molecule has 3 nitrogen and oxygen atoms in total. The molecule has 1 unspecified atom stereocenters. The van der Waals surface area contributed by atoms with Crippen LogP contribution in [0.2, 0.25) is 0 Å². The van der Waals surface area contributed by atoms with E-state index >= 15 is 0 Å². The van der Waals surface area contributed by atoms with Crippen molar-refractivity contribution in [2.45, 2.75) is 52.5 Å². The van der Waals surface area contributed by atoms with Crippen molar-refractivity contribution in [2.75, 3.05) is 5.32 Å². The van der Waals surface area contributed by atoms with Crippen LogP contribution in [-0.2, 0) is 11.8 Å². The maximum absolute atomic E-state index is 9.31. The minimum Gasteiger partial charge on any atom is -0.508 e. The third-order valence-electron chi connectivity index (χ3n) is 3.96. The zero-order valence-corrected chi connectivity index (χ0v) is 15.3. The van der Waals surface area contributed by atoms with Gasteiger partial charge in [-0.05, 0) is 61.1 Å². The molecule has 0 radical (unpaired) electrons. The van der Waals surface area contributed by atoms with E-state index in [1.165, 1.54) is 11.1 Å². The Morgan fingerprint density at radius 3 is 2.17 bits per heavy atom. The first kappa shape index (κ1) is 18.1. The molecule has 0 bridgehead atoms. The lowest BCUT2D eigenvalue weighted by molar-refractivity contribution is 0.475. The highest BCUT2D eigenvalue weighted by atomic mass is 16.3. The number of nitrogens with one attached hydrogen (secondary N) is 1. The van der Waals surface area contributed by atoms with E-state index in [-0.39, 0.29) is 17.2 Å². The number of phenolic OH excluding ortho intramolecular Hbond substituents is 1. The van der Waals surface area contributed by atoms with Gasteiger partial charge in [0.05, 0.1) is 11.9 Å². The Kier molecular flexibility index (Phi) is 5.66. The van der Waals surface area contributed by atoms with Crippen molar-refractivity contribution in [2.24, 2.45) is 4.99 Å². The van der Waals surface area contributed by atoms with E-state index in [0.717, 1.165) is 17.9 Å². The fraction of sp³-hybridized carbons (Fsp3) is 0.381. The number of anilines is 1. The summed E-state index contributed by atoms with van der Waals surface area (Å²) in [6, 6.07) is 16.0. The highest BCUT2D eigenvalue weighted by molar-refractivity contribution is 5.93. The van der Waals surface area contributed by atoms with Gasteiger partial charge in [-0.2, -0.15) is 0 Å². The third-order valence-corrected chi connectivity index (χ3v) is 3.96. The Labute approximate surface area is 145 Å². The number of benzene rings is 2. The smallest absolute Gasteiger partial charge is 0.115 e. The van der Waals surface area contributed by atoms with E-state index in [1.54, 1.807) is 12.1 Å². The number of rotatable bonds is 4. The number of amidine groups is 1. The Morgan fingerprint density at radius 1 is 1.04 bits per heavy atom. The molecule has 2 rings (SSSR count). The average Bonchev–Trinajstić information content (AvgIpc) is 2.49. The summed E-state index contributed by atoms with van der Waals surface area (Å²) in [4.78, 5) is 4.70. The highest BCUT2D eigenvalue weighted by Gasteiger charge is 2.13. The van der Waals surface area contributed by atoms with Crippen LogP contribution in [0.5, 0.6) is 5.75 Å². The van der Waals surface area contributed by atoms with E-state index in [2.05, 4.69) is 57.3 Å². The SMILES string of the molecule is CC(=NC(C)Cc1ccc(C(C)(C)C)cc1)Nc1ccc(O)cc1. The van der Waals surface area contributed by atoms with Crippen molar-refractivity contribution in [3.63, 3.8) is 0 Å². The average molecular weight is 324 g/mol. The standard InChI is InChI=1S/C21H28N2O/c1-15(14-17-6-8-18(9-7-17)21(3,4)5)22-16(2)23-19-10-12-20(24)13-11-19/h6-13,15,24H,14H2,1-5H3,(H,22,23). The summed E-state index contributed by atoms with van der Waals surface area (Å²) in [6.07, 6.45) is 0.916. The first-order valence-corrected chi connectivity index (χ1v) is 8.44. The summed E-state index contributed by atoms with van der Waals surface area (Å²) in [6.45, 7) is 10.8. The molecule has 2 aromatic carbocycles. The lowest BCUT2D eigenvalue weighted by atomic mass is 9.86. The lowest BCUT2D eigenvalue weighted by Crippen LogP contribution is -2.14. The molecule has 0 spiro atoms. The summed E-state index contributed by atoms with van der Waals surface area (Å²) in [5.74, 6) is 1.14. The van der Waals surface area contributed by atoms with Gasteiger partial charge < -0.3 is 10.4 Å². The van der Waals surface area contributed by atoms with Crippen molar-refractivity contribution in [3.05, 3.63) is 59.7 Å². The maximum Gasteiger partial charge on any atom is 0.115 e. The molecule has 0 aromatic heterocycles. The third kappa shape index (κ3) is 5.41. The molecule has 0 aliphatic carbocycles. The van der Waals surface area contributed by atoms with E-state index < -0.39 is 0 Å². The van der Waals surface area contributed by atoms with E-state index in [9.17, 15) is 5.11 Å². The van der Waals surface area contributed by atoms with Crippen molar-refractivity contribution in [1.29, 1.82) is 0 Å². The second-order valence-electron chi connectivity index (χ2n) is 7.39. The summed E-state index contributed by atoms with van der Waals surface area (Å²) >= 11 is 0. The summed E-state index contributed by atoms with van der Waals surface area (Å²) in [5.41, 5.74) is 3.77. The number of hydrogen-bond acceptors (Lipinski definition) is 2. The van der Waals surface area contributed by atoms with E-state index in [0.29, 0.717) is 0 Å². The van der Waals surface area contributed by atoms with Gasteiger partial charge in [0, 0.05) is 5.69 Å². The van der Waals surface area contributed by atoms with E-state index in [1.807, 2.05) is 19.1 Å². The second-order valence-corrected chi connectivity index (χ2v) is 7.39. The minimum atomic E-state index is 0.187. The van der Waals surface area contributed by atoms with Gasteiger partial charge in [-0.25, -0.2) is 0 Å². The minimum absolute atomic E-state index is 0.187. The molecule has 0 fully saturated rings. The van der Waals surface area contributed by atoms with Gasteiger partial charge >= 0.3 is 0 Å². The van der Waals surface area contributed by atoms with Crippen LogP contribution in [0.15, 0.2) is 53.5 Å². The summed E-state index contributed by atoms with van der Waals surface area (Å²) < 4.78 is 0. The summed E-state index contributed by atoms with van der Waals surface area (Å²) in [5, 5.41) is 12.6. The number of aliphatic imine (C=N–C) groups is 1. The predicted molar refractivity (Wildman–Crippen MR) is 103 cm³/mol. The second kappa shape index (κ2) is 7.52. The molecular weight excluding hydrogens is 296 g/mol. The van der Waals surface area contributed by atoms with Crippen LogP contribution in [0.1, 0.15) is 45.7 Å². The Hall–Kier alpha value is -2.29. The molecular formula is C21H28N2O. The molecule has 0 aliphatic heterocycles. The van der Waals surface area contributed by atoms with Gasteiger partial charge in [0.25, 0.3) is 0 Å². The van der Waals surface area contributed by atoms with Crippen molar-refractivity contribution in [3.8, 4) is 5.75 Å².